The lowest BCUT2D eigenvalue weighted by Crippen LogP contribution is -2.54. The zero-order valence-electron chi connectivity index (χ0n) is 13.2. The Kier molecular flexibility index (Phi) is 5.50. The first-order valence-electron chi connectivity index (χ1n) is 7.74. The molecule has 2 aromatic carbocycles. The van der Waals surface area contributed by atoms with Gasteiger partial charge in [-0.15, -0.1) is 12.4 Å². The van der Waals surface area contributed by atoms with Crippen LogP contribution in [0.15, 0.2) is 42.5 Å². The lowest BCUT2D eigenvalue weighted by molar-refractivity contribution is -0.125. The molecule has 1 unspecified atom stereocenters. The lowest BCUT2D eigenvalue weighted by atomic mass is 9.96. The molecular weight excluding hydrogens is 312 g/mol. The van der Waals surface area contributed by atoms with E-state index in [0.29, 0.717) is 12.5 Å². The van der Waals surface area contributed by atoms with Crippen molar-refractivity contribution in [3.05, 3.63) is 42.5 Å². The average molecular weight is 335 g/mol. The minimum absolute atomic E-state index is 0. The first kappa shape index (κ1) is 17.6. The van der Waals surface area contributed by atoms with Crippen molar-refractivity contribution >= 4 is 29.1 Å². The molecule has 23 heavy (non-hydrogen) atoms. The van der Waals surface area contributed by atoms with Crippen molar-refractivity contribution in [1.82, 2.24) is 5.32 Å². The zero-order valence-corrected chi connectivity index (χ0v) is 14.1. The molecule has 1 amide bonds. The summed E-state index contributed by atoms with van der Waals surface area (Å²) in [5, 5.41) is 5.15. The number of benzene rings is 2. The van der Waals surface area contributed by atoms with E-state index < -0.39 is 0 Å². The molecule has 0 radical (unpaired) electrons. The fourth-order valence-electron chi connectivity index (χ4n) is 2.86. The maximum absolute atomic E-state index is 12.2. The molecular formula is C18H23ClN2O2. The van der Waals surface area contributed by atoms with Crippen LogP contribution in [-0.2, 0) is 4.79 Å². The Morgan fingerprint density at radius 2 is 1.96 bits per heavy atom. The van der Waals surface area contributed by atoms with Gasteiger partial charge in [-0.1, -0.05) is 36.4 Å². The van der Waals surface area contributed by atoms with Gasteiger partial charge in [-0.3, -0.25) is 4.79 Å². The molecule has 0 aromatic heterocycles. The Hall–Kier alpha value is -1.78. The first-order chi connectivity index (χ1) is 10.6. The molecule has 1 fully saturated rings. The Labute approximate surface area is 142 Å². The molecule has 0 aliphatic heterocycles. The number of halogens is 1. The fraction of sp³-hybridized carbons (Fsp3) is 0.389. The number of amides is 1. The van der Waals surface area contributed by atoms with Gasteiger partial charge < -0.3 is 15.8 Å². The second kappa shape index (κ2) is 7.20. The monoisotopic (exact) mass is 334 g/mol. The quantitative estimate of drug-likeness (QED) is 0.853. The van der Waals surface area contributed by atoms with Crippen LogP contribution < -0.4 is 15.8 Å². The molecule has 0 bridgehead atoms. The largest absolute Gasteiger partial charge is 0.483 e. The van der Waals surface area contributed by atoms with Crippen LogP contribution in [-0.4, -0.2) is 24.6 Å². The SMILES string of the molecule is CC(CN)(NC(=O)COc1cccc2ccccc12)C1CC1.Cl. The van der Waals surface area contributed by atoms with Gasteiger partial charge in [0.25, 0.3) is 5.91 Å². The van der Waals surface area contributed by atoms with Crippen LogP contribution in [0.2, 0.25) is 0 Å². The van der Waals surface area contributed by atoms with Crippen LogP contribution in [0.5, 0.6) is 5.75 Å². The van der Waals surface area contributed by atoms with Crippen molar-refractivity contribution in [2.75, 3.05) is 13.2 Å². The van der Waals surface area contributed by atoms with E-state index in [4.69, 9.17) is 10.5 Å². The Morgan fingerprint density at radius 3 is 2.65 bits per heavy atom. The number of ether oxygens (including phenoxy) is 1. The topological polar surface area (TPSA) is 64.3 Å². The van der Waals surface area contributed by atoms with Crippen LogP contribution >= 0.6 is 12.4 Å². The Bertz CT molecular complexity index is 682. The number of nitrogens with two attached hydrogens (primary N) is 1. The van der Waals surface area contributed by atoms with Crippen LogP contribution in [0.25, 0.3) is 10.8 Å². The number of fused-ring (bicyclic) bond motifs is 1. The zero-order chi connectivity index (χ0) is 15.6. The Balaban J connectivity index is 0.00000192. The highest BCUT2D eigenvalue weighted by Crippen LogP contribution is 2.38. The van der Waals surface area contributed by atoms with Gasteiger partial charge in [0.2, 0.25) is 0 Å². The highest BCUT2D eigenvalue weighted by molar-refractivity contribution is 5.88. The van der Waals surface area contributed by atoms with E-state index in [-0.39, 0.29) is 30.5 Å². The van der Waals surface area contributed by atoms with Crippen LogP contribution in [0, 0.1) is 5.92 Å². The molecule has 3 N–H and O–H groups in total. The summed E-state index contributed by atoms with van der Waals surface area (Å²) in [6.07, 6.45) is 2.27. The normalized spacial score (nSPS) is 16.3. The number of hydrogen-bond acceptors (Lipinski definition) is 3. The van der Waals surface area contributed by atoms with E-state index in [9.17, 15) is 4.79 Å². The predicted octanol–water partition coefficient (Wildman–Crippen LogP) is 2.88. The van der Waals surface area contributed by atoms with Crippen molar-refractivity contribution in [3.8, 4) is 5.75 Å². The minimum Gasteiger partial charge on any atom is -0.483 e. The molecule has 3 rings (SSSR count). The van der Waals surface area contributed by atoms with E-state index in [1.807, 2.05) is 49.4 Å². The molecule has 124 valence electrons. The standard InChI is InChI=1S/C18H22N2O2.ClH/c1-18(12-19,14-9-10-14)20-17(21)11-22-16-8-4-6-13-5-2-3-7-15(13)16;/h2-8,14H,9-12,19H2,1H3,(H,20,21);1H. The maximum atomic E-state index is 12.2. The molecule has 0 saturated heterocycles. The third-order valence-electron chi connectivity index (χ3n) is 4.44. The molecule has 1 aliphatic rings. The van der Waals surface area contributed by atoms with E-state index in [2.05, 4.69) is 5.32 Å². The molecule has 0 spiro atoms. The first-order valence-corrected chi connectivity index (χ1v) is 7.74. The number of hydrogen-bond donors (Lipinski definition) is 2. The molecule has 4 nitrogen and oxygen atoms in total. The van der Waals surface area contributed by atoms with E-state index in [0.717, 1.165) is 29.4 Å². The van der Waals surface area contributed by atoms with Crippen LogP contribution in [0.4, 0.5) is 0 Å². The number of carbonyl (C=O) groups excluding carboxylic acids is 1. The van der Waals surface area contributed by atoms with Gasteiger partial charge in [-0.2, -0.15) is 0 Å². The van der Waals surface area contributed by atoms with Crippen LogP contribution in [0.1, 0.15) is 19.8 Å². The summed E-state index contributed by atoms with van der Waals surface area (Å²) < 4.78 is 5.72. The third-order valence-corrected chi connectivity index (χ3v) is 4.44. The van der Waals surface area contributed by atoms with E-state index >= 15 is 0 Å². The van der Waals surface area contributed by atoms with Gasteiger partial charge in [-0.05, 0) is 37.1 Å². The van der Waals surface area contributed by atoms with Crippen molar-refractivity contribution in [1.29, 1.82) is 0 Å². The summed E-state index contributed by atoms with van der Waals surface area (Å²) in [6, 6.07) is 13.8. The van der Waals surface area contributed by atoms with Gasteiger partial charge in [-0.25, -0.2) is 0 Å². The highest BCUT2D eigenvalue weighted by atomic mass is 35.5. The molecule has 5 heteroatoms. The maximum Gasteiger partial charge on any atom is 0.258 e. The molecule has 1 atom stereocenters. The lowest BCUT2D eigenvalue weighted by Gasteiger charge is -2.29. The second-order valence-corrected chi connectivity index (χ2v) is 6.21. The number of rotatable bonds is 6. The Morgan fingerprint density at radius 1 is 1.26 bits per heavy atom. The number of carbonyl (C=O) groups is 1. The second-order valence-electron chi connectivity index (χ2n) is 6.21. The third kappa shape index (κ3) is 3.95. The number of nitrogens with one attached hydrogen (secondary N) is 1. The van der Waals surface area contributed by atoms with Gasteiger partial charge >= 0.3 is 0 Å². The minimum atomic E-state index is -0.306. The van der Waals surface area contributed by atoms with Gasteiger partial charge in [0, 0.05) is 11.9 Å². The smallest absolute Gasteiger partial charge is 0.258 e. The fourth-order valence-corrected chi connectivity index (χ4v) is 2.86. The van der Waals surface area contributed by atoms with Gasteiger partial charge in [0.15, 0.2) is 6.61 Å². The van der Waals surface area contributed by atoms with Crippen molar-refractivity contribution in [2.45, 2.75) is 25.3 Å². The molecule has 1 saturated carbocycles. The molecule has 2 aromatic rings. The van der Waals surface area contributed by atoms with Gasteiger partial charge in [0.1, 0.15) is 5.75 Å². The van der Waals surface area contributed by atoms with E-state index in [1.165, 1.54) is 0 Å². The highest BCUT2D eigenvalue weighted by Gasteiger charge is 2.41. The van der Waals surface area contributed by atoms with Crippen molar-refractivity contribution in [3.63, 3.8) is 0 Å². The van der Waals surface area contributed by atoms with E-state index in [1.54, 1.807) is 0 Å². The average Bonchev–Trinajstić information content (AvgIpc) is 3.38. The summed E-state index contributed by atoms with van der Waals surface area (Å²) in [4.78, 5) is 12.2. The van der Waals surface area contributed by atoms with Crippen molar-refractivity contribution < 1.29 is 9.53 Å². The summed E-state index contributed by atoms with van der Waals surface area (Å²) in [7, 11) is 0. The van der Waals surface area contributed by atoms with Crippen LogP contribution in [0.3, 0.4) is 0 Å². The predicted molar refractivity (Wildman–Crippen MR) is 95.0 cm³/mol. The van der Waals surface area contributed by atoms with Gasteiger partial charge in [0.05, 0.1) is 5.54 Å². The molecule has 1 aliphatic carbocycles. The molecule has 0 heterocycles. The summed E-state index contributed by atoms with van der Waals surface area (Å²) in [5.74, 6) is 1.11. The summed E-state index contributed by atoms with van der Waals surface area (Å²) >= 11 is 0. The van der Waals surface area contributed by atoms with Crippen molar-refractivity contribution in [2.24, 2.45) is 11.7 Å². The summed E-state index contributed by atoms with van der Waals surface area (Å²) in [6.45, 7) is 2.48. The summed E-state index contributed by atoms with van der Waals surface area (Å²) in [5.41, 5.74) is 5.52.